The van der Waals surface area contributed by atoms with Gasteiger partial charge in [-0.3, -0.25) is 9.59 Å². The fourth-order valence-corrected chi connectivity index (χ4v) is 2.34. The first-order chi connectivity index (χ1) is 11.3. The third-order valence-corrected chi connectivity index (χ3v) is 3.86. The third-order valence-electron chi connectivity index (χ3n) is 3.86. The molecule has 1 heterocycles. The zero-order valence-electron chi connectivity index (χ0n) is 14.2. The second-order valence-corrected chi connectivity index (χ2v) is 6.92. The molecule has 6 heteroatoms. The quantitative estimate of drug-likeness (QED) is 0.838. The maximum Gasteiger partial charge on any atom is 0.407 e. The van der Waals surface area contributed by atoms with Crippen molar-refractivity contribution in [3.05, 3.63) is 35.9 Å². The first-order valence-electron chi connectivity index (χ1n) is 7.95. The normalized spacial score (nSPS) is 20.4. The van der Waals surface area contributed by atoms with E-state index in [4.69, 9.17) is 9.47 Å². The van der Waals surface area contributed by atoms with Crippen molar-refractivity contribution in [2.75, 3.05) is 0 Å². The number of nitrogens with one attached hydrogen (secondary N) is 1. The molecule has 1 aromatic carbocycles. The van der Waals surface area contributed by atoms with Crippen molar-refractivity contribution in [1.29, 1.82) is 0 Å². The van der Waals surface area contributed by atoms with Crippen LogP contribution in [-0.4, -0.2) is 30.0 Å². The Balaban J connectivity index is 1.88. The van der Waals surface area contributed by atoms with E-state index in [2.05, 4.69) is 5.32 Å². The molecule has 1 fully saturated rings. The van der Waals surface area contributed by atoms with Gasteiger partial charge in [0.25, 0.3) is 0 Å². The van der Waals surface area contributed by atoms with Crippen LogP contribution in [0.15, 0.2) is 30.3 Å². The number of carbonyl (C=O) groups excluding carboxylic acids is 3. The van der Waals surface area contributed by atoms with Crippen molar-refractivity contribution in [3.8, 4) is 0 Å². The molecule has 0 aromatic heterocycles. The number of Topliss-reactive ketones (excluding diaryl/α,β-unsaturated/α-hetero) is 1. The van der Waals surface area contributed by atoms with Crippen LogP contribution in [0.4, 0.5) is 4.79 Å². The van der Waals surface area contributed by atoms with Gasteiger partial charge in [0.15, 0.2) is 0 Å². The number of hydrogen-bond acceptors (Lipinski definition) is 5. The number of ketones is 1. The predicted molar refractivity (Wildman–Crippen MR) is 87.1 cm³/mol. The molecule has 24 heavy (non-hydrogen) atoms. The van der Waals surface area contributed by atoms with Gasteiger partial charge in [0.1, 0.15) is 18.5 Å². The average molecular weight is 333 g/mol. The molecule has 0 unspecified atom stereocenters. The summed E-state index contributed by atoms with van der Waals surface area (Å²) in [5.41, 5.74) is 0.346. The lowest BCUT2D eigenvalue weighted by Crippen LogP contribution is -2.42. The highest BCUT2D eigenvalue weighted by Crippen LogP contribution is 2.24. The lowest BCUT2D eigenvalue weighted by molar-refractivity contribution is -0.143. The van der Waals surface area contributed by atoms with E-state index in [1.165, 1.54) is 0 Å². The number of hydrogen-bond donors (Lipinski definition) is 1. The Morgan fingerprint density at radius 3 is 2.54 bits per heavy atom. The fourth-order valence-electron chi connectivity index (χ4n) is 2.34. The van der Waals surface area contributed by atoms with Crippen molar-refractivity contribution >= 4 is 17.8 Å². The molecule has 1 aliphatic heterocycles. The average Bonchev–Trinajstić information content (AvgIpc) is 2.84. The van der Waals surface area contributed by atoms with E-state index in [1.54, 1.807) is 0 Å². The van der Waals surface area contributed by atoms with E-state index in [0.29, 0.717) is 0 Å². The molecule has 2 atom stereocenters. The van der Waals surface area contributed by atoms with Gasteiger partial charge in [-0.15, -0.1) is 0 Å². The summed E-state index contributed by atoms with van der Waals surface area (Å²) in [6, 6.07) is 8.73. The van der Waals surface area contributed by atoms with Gasteiger partial charge in [0, 0.05) is 11.8 Å². The Labute approximate surface area is 141 Å². The van der Waals surface area contributed by atoms with Crippen molar-refractivity contribution in [1.82, 2.24) is 5.32 Å². The summed E-state index contributed by atoms with van der Waals surface area (Å²) < 4.78 is 10.3. The van der Waals surface area contributed by atoms with Gasteiger partial charge in [0.05, 0.1) is 12.5 Å². The summed E-state index contributed by atoms with van der Waals surface area (Å²) in [6.45, 7) is 5.56. The van der Waals surface area contributed by atoms with Crippen molar-refractivity contribution in [2.24, 2.45) is 5.41 Å². The number of cyclic esters (lactones) is 1. The lowest BCUT2D eigenvalue weighted by Gasteiger charge is -2.22. The first kappa shape index (κ1) is 18.0. The Hall–Kier alpha value is -2.37. The second-order valence-electron chi connectivity index (χ2n) is 6.92. The molecule has 6 nitrogen and oxygen atoms in total. The molecule has 1 saturated heterocycles. The highest BCUT2D eigenvalue weighted by Gasteiger charge is 2.39. The van der Waals surface area contributed by atoms with Gasteiger partial charge in [0.2, 0.25) is 0 Å². The summed E-state index contributed by atoms with van der Waals surface area (Å²) in [4.78, 5) is 35.6. The standard InChI is InChI=1S/C18H23NO5/c1-18(2,3)15(20)10-14-13(9-16(21)24-14)19-17(22)23-11-12-7-5-4-6-8-12/h4-8,13-14H,9-11H2,1-3H3,(H,19,22)/t13-,14+/m0/s1. The number of alkyl carbamates (subject to hydrolysis) is 1. The van der Waals surface area contributed by atoms with Crippen LogP contribution in [0.1, 0.15) is 39.2 Å². The minimum atomic E-state index is -0.645. The molecule has 0 radical (unpaired) electrons. The smallest absolute Gasteiger partial charge is 0.407 e. The Morgan fingerprint density at radius 1 is 1.25 bits per heavy atom. The van der Waals surface area contributed by atoms with Gasteiger partial charge in [-0.2, -0.15) is 0 Å². The molecule has 130 valence electrons. The molecule has 1 aromatic rings. The number of ether oxygens (including phenoxy) is 2. The van der Waals surface area contributed by atoms with Gasteiger partial charge >= 0.3 is 12.1 Å². The summed E-state index contributed by atoms with van der Waals surface area (Å²) >= 11 is 0. The maximum absolute atomic E-state index is 12.1. The Morgan fingerprint density at radius 2 is 1.92 bits per heavy atom. The fraction of sp³-hybridized carbons (Fsp3) is 0.500. The minimum absolute atomic E-state index is 0.0216. The zero-order valence-corrected chi connectivity index (χ0v) is 14.2. The van der Waals surface area contributed by atoms with Crippen LogP contribution in [-0.2, 0) is 25.7 Å². The lowest BCUT2D eigenvalue weighted by atomic mass is 9.86. The molecular weight excluding hydrogens is 310 g/mol. The number of rotatable bonds is 5. The largest absolute Gasteiger partial charge is 0.460 e. The molecule has 0 bridgehead atoms. The molecule has 1 N–H and O–H groups in total. The van der Waals surface area contributed by atoms with E-state index in [9.17, 15) is 14.4 Å². The van der Waals surface area contributed by atoms with Crippen LogP contribution in [0.25, 0.3) is 0 Å². The molecule has 1 aliphatic rings. The van der Waals surface area contributed by atoms with E-state index in [1.807, 2.05) is 51.1 Å². The minimum Gasteiger partial charge on any atom is -0.460 e. The SMILES string of the molecule is CC(C)(C)C(=O)C[C@H]1OC(=O)C[C@@H]1NC(=O)OCc1ccccc1. The highest BCUT2D eigenvalue weighted by atomic mass is 16.6. The molecule has 1 amide bonds. The zero-order chi connectivity index (χ0) is 17.7. The van der Waals surface area contributed by atoms with Gasteiger partial charge in [-0.25, -0.2) is 4.79 Å². The summed E-state index contributed by atoms with van der Waals surface area (Å²) in [5, 5.41) is 2.63. The van der Waals surface area contributed by atoms with Crippen LogP contribution in [0.5, 0.6) is 0 Å². The molecule has 0 saturated carbocycles. The van der Waals surface area contributed by atoms with Crippen LogP contribution in [0.2, 0.25) is 0 Å². The van der Waals surface area contributed by atoms with Gasteiger partial charge in [-0.1, -0.05) is 51.1 Å². The second kappa shape index (κ2) is 7.47. The molecule has 2 rings (SSSR count). The molecule has 0 aliphatic carbocycles. The summed E-state index contributed by atoms with van der Waals surface area (Å²) in [7, 11) is 0. The Kier molecular flexibility index (Phi) is 5.59. The maximum atomic E-state index is 12.1. The Bertz CT molecular complexity index is 606. The van der Waals surface area contributed by atoms with Gasteiger partial charge in [-0.05, 0) is 5.56 Å². The van der Waals surface area contributed by atoms with Crippen LogP contribution >= 0.6 is 0 Å². The topological polar surface area (TPSA) is 81.7 Å². The van der Waals surface area contributed by atoms with E-state index >= 15 is 0 Å². The predicted octanol–water partition coefficient (Wildman–Crippen LogP) is 2.60. The van der Waals surface area contributed by atoms with Gasteiger partial charge < -0.3 is 14.8 Å². The monoisotopic (exact) mass is 333 g/mol. The number of amides is 1. The number of benzene rings is 1. The first-order valence-corrected chi connectivity index (χ1v) is 7.95. The van der Waals surface area contributed by atoms with Crippen LogP contribution in [0, 0.1) is 5.41 Å². The molecule has 0 spiro atoms. The van der Waals surface area contributed by atoms with E-state index < -0.39 is 29.6 Å². The highest BCUT2D eigenvalue weighted by molar-refractivity contribution is 5.85. The number of carbonyl (C=O) groups is 3. The van der Waals surface area contributed by atoms with Crippen molar-refractivity contribution < 1.29 is 23.9 Å². The summed E-state index contributed by atoms with van der Waals surface area (Å²) in [6.07, 6.45) is -1.15. The van der Waals surface area contributed by atoms with Crippen LogP contribution in [0.3, 0.4) is 0 Å². The van der Waals surface area contributed by atoms with Crippen molar-refractivity contribution in [3.63, 3.8) is 0 Å². The van der Waals surface area contributed by atoms with E-state index in [-0.39, 0.29) is 25.2 Å². The van der Waals surface area contributed by atoms with E-state index in [0.717, 1.165) is 5.56 Å². The number of esters is 1. The molecular formula is C18H23NO5. The summed E-state index contributed by atoms with van der Waals surface area (Å²) in [5.74, 6) is -0.443. The third kappa shape index (κ3) is 5.08. The van der Waals surface area contributed by atoms with Crippen molar-refractivity contribution in [2.45, 2.75) is 52.4 Å². The van der Waals surface area contributed by atoms with Crippen LogP contribution < -0.4 is 5.32 Å².